The Bertz CT molecular complexity index is 1190. The summed E-state index contributed by atoms with van der Waals surface area (Å²) in [6, 6.07) is 21.4. The van der Waals surface area contributed by atoms with Gasteiger partial charge in [0.25, 0.3) is 0 Å². The van der Waals surface area contributed by atoms with Gasteiger partial charge in [0.15, 0.2) is 11.5 Å². The lowest BCUT2D eigenvalue weighted by atomic mass is 10.0. The second-order valence-corrected chi connectivity index (χ2v) is 7.21. The number of nitrogens with zero attached hydrogens (tertiary/aromatic N) is 1. The van der Waals surface area contributed by atoms with Gasteiger partial charge < -0.3 is 9.47 Å². The van der Waals surface area contributed by atoms with E-state index in [2.05, 4.69) is 6.07 Å². The van der Waals surface area contributed by atoms with Crippen LogP contribution in [0.4, 0.5) is 0 Å². The summed E-state index contributed by atoms with van der Waals surface area (Å²) in [6.45, 7) is 0. The molecular formula is C25H17Cl2NO3. The minimum atomic E-state index is -0.569. The monoisotopic (exact) mass is 449 g/mol. The number of carbonyl (C=O) groups is 1. The van der Waals surface area contributed by atoms with Crippen LogP contribution in [-0.4, -0.2) is 13.1 Å². The van der Waals surface area contributed by atoms with E-state index in [0.717, 1.165) is 11.1 Å². The predicted molar refractivity (Wildman–Crippen MR) is 124 cm³/mol. The summed E-state index contributed by atoms with van der Waals surface area (Å²) >= 11 is 12.0. The fourth-order valence-corrected chi connectivity index (χ4v) is 3.07. The van der Waals surface area contributed by atoms with Crippen molar-refractivity contribution in [1.82, 2.24) is 0 Å². The van der Waals surface area contributed by atoms with Crippen LogP contribution in [0.25, 0.3) is 17.7 Å². The number of hydrogen-bond donors (Lipinski definition) is 0. The average Bonchev–Trinajstić information content (AvgIpc) is 2.78. The number of hydrogen-bond acceptors (Lipinski definition) is 4. The minimum absolute atomic E-state index is 0.262. The molecule has 4 nitrogen and oxygen atoms in total. The number of benzene rings is 3. The lowest BCUT2D eigenvalue weighted by Crippen LogP contribution is -2.05. The molecule has 3 aromatic carbocycles. The lowest BCUT2D eigenvalue weighted by molar-refractivity contribution is -0.129. The largest absolute Gasteiger partial charge is 0.493 e. The van der Waals surface area contributed by atoms with Crippen LogP contribution in [0.15, 0.2) is 72.8 Å². The predicted octanol–water partition coefficient (Wildman–Crippen LogP) is 6.68. The summed E-state index contributed by atoms with van der Waals surface area (Å²) in [5.41, 5.74) is 2.63. The SMILES string of the molecule is COc1cc(/C=C(\C#N)c2ccc(Cl)cc2)ccc1OC(=O)/C=C/c1ccccc1Cl. The van der Waals surface area contributed by atoms with Gasteiger partial charge in [-0.3, -0.25) is 0 Å². The van der Waals surface area contributed by atoms with Crippen LogP contribution in [-0.2, 0) is 4.79 Å². The van der Waals surface area contributed by atoms with E-state index < -0.39 is 5.97 Å². The van der Waals surface area contributed by atoms with Gasteiger partial charge in [0.1, 0.15) is 0 Å². The molecule has 0 saturated heterocycles. The topological polar surface area (TPSA) is 59.3 Å². The molecular weight excluding hydrogens is 433 g/mol. The summed E-state index contributed by atoms with van der Waals surface area (Å²) in [5, 5.41) is 10.6. The van der Waals surface area contributed by atoms with E-state index in [1.165, 1.54) is 13.2 Å². The van der Waals surface area contributed by atoms with Crippen molar-refractivity contribution in [2.45, 2.75) is 0 Å². The summed E-state index contributed by atoms with van der Waals surface area (Å²) in [6.07, 6.45) is 4.59. The molecule has 0 atom stereocenters. The molecule has 0 aliphatic rings. The Kier molecular flexibility index (Phi) is 7.50. The molecule has 0 amide bonds. The van der Waals surface area contributed by atoms with Gasteiger partial charge in [-0.1, -0.05) is 59.6 Å². The van der Waals surface area contributed by atoms with E-state index in [-0.39, 0.29) is 5.75 Å². The van der Waals surface area contributed by atoms with Crippen molar-refractivity contribution in [3.63, 3.8) is 0 Å². The highest BCUT2D eigenvalue weighted by molar-refractivity contribution is 6.32. The van der Waals surface area contributed by atoms with Crippen LogP contribution < -0.4 is 9.47 Å². The minimum Gasteiger partial charge on any atom is -0.493 e. The van der Waals surface area contributed by atoms with Gasteiger partial charge in [0.2, 0.25) is 0 Å². The van der Waals surface area contributed by atoms with E-state index in [4.69, 9.17) is 32.7 Å². The molecule has 0 radical (unpaired) electrons. The maximum absolute atomic E-state index is 12.2. The van der Waals surface area contributed by atoms with Crippen molar-refractivity contribution >= 4 is 46.9 Å². The van der Waals surface area contributed by atoms with E-state index in [9.17, 15) is 10.1 Å². The normalized spacial score (nSPS) is 11.2. The zero-order chi connectivity index (χ0) is 22.2. The number of ether oxygens (including phenoxy) is 2. The maximum Gasteiger partial charge on any atom is 0.336 e. The van der Waals surface area contributed by atoms with Gasteiger partial charge in [-0.05, 0) is 59.2 Å². The van der Waals surface area contributed by atoms with Crippen LogP contribution in [0.3, 0.4) is 0 Å². The van der Waals surface area contributed by atoms with E-state index in [1.54, 1.807) is 66.7 Å². The van der Waals surface area contributed by atoms with Gasteiger partial charge in [-0.25, -0.2) is 4.79 Å². The molecule has 0 fully saturated rings. The summed E-state index contributed by atoms with van der Waals surface area (Å²) < 4.78 is 10.7. The molecule has 0 N–H and O–H groups in total. The number of nitriles is 1. The Labute approximate surface area is 190 Å². The maximum atomic E-state index is 12.2. The third-order valence-electron chi connectivity index (χ3n) is 4.29. The van der Waals surface area contributed by atoms with Crippen LogP contribution in [0.2, 0.25) is 10.0 Å². The fraction of sp³-hybridized carbons (Fsp3) is 0.0400. The quantitative estimate of drug-likeness (QED) is 0.138. The Morgan fingerprint density at radius 2 is 1.74 bits per heavy atom. The first-order valence-electron chi connectivity index (χ1n) is 9.20. The summed E-state index contributed by atoms with van der Waals surface area (Å²) in [7, 11) is 1.48. The number of rotatable bonds is 6. The molecule has 0 aliphatic heterocycles. The first kappa shape index (κ1) is 22.2. The second-order valence-electron chi connectivity index (χ2n) is 6.36. The Balaban J connectivity index is 1.79. The van der Waals surface area contributed by atoms with Crippen molar-refractivity contribution in [3.8, 4) is 17.6 Å². The van der Waals surface area contributed by atoms with Gasteiger partial charge in [0.05, 0.1) is 18.8 Å². The smallest absolute Gasteiger partial charge is 0.336 e. The number of halogens is 2. The molecule has 3 rings (SSSR count). The Morgan fingerprint density at radius 3 is 2.42 bits per heavy atom. The van der Waals surface area contributed by atoms with Crippen molar-refractivity contribution in [2.24, 2.45) is 0 Å². The van der Waals surface area contributed by atoms with Gasteiger partial charge >= 0.3 is 5.97 Å². The van der Waals surface area contributed by atoms with Crippen LogP contribution in [0.5, 0.6) is 11.5 Å². The van der Waals surface area contributed by atoms with Crippen molar-refractivity contribution in [2.75, 3.05) is 7.11 Å². The fourth-order valence-electron chi connectivity index (χ4n) is 2.75. The van der Waals surface area contributed by atoms with Gasteiger partial charge in [-0.15, -0.1) is 0 Å². The third-order valence-corrected chi connectivity index (χ3v) is 4.89. The Hall–Kier alpha value is -3.52. The molecule has 31 heavy (non-hydrogen) atoms. The molecule has 0 spiro atoms. The van der Waals surface area contributed by atoms with Gasteiger partial charge in [0, 0.05) is 16.1 Å². The van der Waals surface area contributed by atoms with Crippen molar-refractivity contribution < 1.29 is 14.3 Å². The standard InChI is InChI=1S/C25H17Cl2NO3/c1-30-24-15-17(14-20(16-28)18-7-10-21(26)11-8-18)6-12-23(24)31-25(29)13-9-19-4-2-3-5-22(19)27/h2-15H,1H3/b13-9+,20-14+. The Morgan fingerprint density at radius 1 is 1.00 bits per heavy atom. The summed E-state index contributed by atoms with van der Waals surface area (Å²) in [4.78, 5) is 12.2. The highest BCUT2D eigenvalue weighted by atomic mass is 35.5. The molecule has 3 aromatic rings. The molecule has 0 heterocycles. The second kappa shape index (κ2) is 10.5. The highest BCUT2D eigenvalue weighted by Gasteiger charge is 2.10. The summed E-state index contributed by atoms with van der Waals surface area (Å²) in [5.74, 6) is 0.0560. The molecule has 0 aliphatic carbocycles. The lowest BCUT2D eigenvalue weighted by Gasteiger charge is -2.09. The van der Waals surface area contributed by atoms with Crippen LogP contribution in [0.1, 0.15) is 16.7 Å². The van der Waals surface area contributed by atoms with Crippen molar-refractivity contribution in [1.29, 1.82) is 5.26 Å². The molecule has 6 heteroatoms. The van der Waals surface area contributed by atoms with Gasteiger partial charge in [-0.2, -0.15) is 5.26 Å². The zero-order valence-electron chi connectivity index (χ0n) is 16.5. The zero-order valence-corrected chi connectivity index (χ0v) is 18.0. The number of esters is 1. The van der Waals surface area contributed by atoms with E-state index in [0.29, 0.717) is 26.9 Å². The first-order valence-corrected chi connectivity index (χ1v) is 9.96. The molecule has 0 unspecified atom stereocenters. The first-order chi connectivity index (χ1) is 15.0. The third kappa shape index (κ3) is 5.99. The van der Waals surface area contributed by atoms with Crippen LogP contribution >= 0.6 is 23.2 Å². The molecule has 0 aromatic heterocycles. The number of methoxy groups -OCH3 is 1. The molecule has 0 bridgehead atoms. The highest BCUT2D eigenvalue weighted by Crippen LogP contribution is 2.30. The van der Waals surface area contributed by atoms with E-state index in [1.807, 2.05) is 12.1 Å². The average molecular weight is 450 g/mol. The van der Waals surface area contributed by atoms with Crippen molar-refractivity contribution in [3.05, 3.63) is 99.5 Å². The number of allylic oxidation sites excluding steroid dienone is 1. The number of carbonyl (C=O) groups excluding carboxylic acids is 1. The molecule has 0 saturated carbocycles. The van der Waals surface area contributed by atoms with Crippen LogP contribution in [0, 0.1) is 11.3 Å². The molecule has 154 valence electrons. The van der Waals surface area contributed by atoms with E-state index >= 15 is 0 Å².